The number of amides is 1. The number of fused-ring (bicyclic) bond motifs is 1. The molecular formula is C25H25N3O3. The Hall–Kier alpha value is -3.51. The lowest BCUT2D eigenvalue weighted by Crippen LogP contribution is -2.23. The molecule has 1 N–H and O–H groups in total. The largest absolute Gasteiger partial charge is 0.454 e. The van der Waals surface area contributed by atoms with E-state index in [9.17, 15) is 9.90 Å². The zero-order valence-electron chi connectivity index (χ0n) is 18.1. The fourth-order valence-electron chi connectivity index (χ4n) is 3.36. The molecule has 1 aromatic carbocycles. The highest BCUT2D eigenvalue weighted by Gasteiger charge is 2.19. The Morgan fingerprint density at radius 3 is 2.39 bits per heavy atom. The van der Waals surface area contributed by atoms with E-state index in [4.69, 9.17) is 4.42 Å². The summed E-state index contributed by atoms with van der Waals surface area (Å²) in [5, 5.41) is 10.3. The van der Waals surface area contributed by atoms with E-state index in [-0.39, 0.29) is 5.91 Å². The summed E-state index contributed by atoms with van der Waals surface area (Å²) < 4.78 is 6.20. The van der Waals surface area contributed by atoms with Crippen LogP contribution in [0.25, 0.3) is 33.6 Å². The summed E-state index contributed by atoms with van der Waals surface area (Å²) in [7, 11) is 3.51. The first kappa shape index (κ1) is 20.8. The monoisotopic (exact) mass is 415 g/mol. The van der Waals surface area contributed by atoms with Gasteiger partial charge in [-0.1, -0.05) is 24.3 Å². The molecule has 31 heavy (non-hydrogen) atoms. The summed E-state index contributed by atoms with van der Waals surface area (Å²) in [6, 6.07) is 15.4. The van der Waals surface area contributed by atoms with Crippen LogP contribution in [0, 0.1) is 0 Å². The maximum atomic E-state index is 11.9. The third-order valence-corrected chi connectivity index (χ3v) is 5.20. The van der Waals surface area contributed by atoms with Crippen LogP contribution in [0.5, 0.6) is 0 Å². The number of rotatable bonds is 5. The molecule has 0 saturated carbocycles. The number of aromatic nitrogens is 2. The molecule has 1 amide bonds. The number of benzene rings is 1. The molecule has 0 bridgehead atoms. The summed E-state index contributed by atoms with van der Waals surface area (Å²) in [6.45, 7) is 3.42. The van der Waals surface area contributed by atoms with Gasteiger partial charge in [-0.05, 0) is 43.2 Å². The maximum Gasteiger partial charge on any atom is 0.226 e. The van der Waals surface area contributed by atoms with Gasteiger partial charge in [0.25, 0.3) is 0 Å². The lowest BCUT2D eigenvalue weighted by molar-refractivity contribution is -0.127. The number of carbonyl (C=O) groups excluding carboxylic acids is 1. The van der Waals surface area contributed by atoms with Gasteiger partial charge in [-0.15, -0.1) is 0 Å². The first-order valence-corrected chi connectivity index (χ1v) is 10.1. The van der Waals surface area contributed by atoms with Crippen molar-refractivity contribution in [2.45, 2.75) is 25.9 Å². The molecule has 3 heterocycles. The summed E-state index contributed by atoms with van der Waals surface area (Å²) in [5.74, 6) is 0.769. The Morgan fingerprint density at radius 2 is 1.71 bits per heavy atom. The van der Waals surface area contributed by atoms with Gasteiger partial charge in [-0.2, -0.15) is 0 Å². The molecule has 0 saturated heterocycles. The summed E-state index contributed by atoms with van der Waals surface area (Å²) in [5.41, 5.74) is 4.63. The van der Waals surface area contributed by atoms with Crippen LogP contribution >= 0.6 is 0 Å². The predicted octanol–water partition coefficient (Wildman–Crippen LogP) is 4.41. The van der Waals surface area contributed by atoms with Crippen LogP contribution in [0.4, 0.5) is 0 Å². The van der Waals surface area contributed by atoms with Gasteiger partial charge in [0.15, 0.2) is 5.58 Å². The SMILES string of the molecule is CN(C)C(=O)Cc1ccc(-c2cc3nccc(-c4ccnc(C(C)(C)O)c4)c3o2)cc1. The van der Waals surface area contributed by atoms with Crippen LogP contribution in [-0.2, 0) is 16.8 Å². The van der Waals surface area contributed by atoms with Gasteiger partial charge < -0.3 is 14.4 Å². The average molecular weight is 415 g/mol. The quantitative estimate of drug-likeness (QED) is 0.522. The van der Waals surface area contributed by atoms with Crippen molar-refractivity contribution in [3.05, 3.63) is 72.2 Å². The van der Waals surface area contributed by atoms with Crippen molar-refractivity contribution < 1.29 is 14.3 Å². The first-order valence-electron chi connectivity index (χ1n) is 10.1. The molecule has 6 heteroatoms. The molecule has 0 unspecified atom stereocenters. The minimum Gasteiger partial charge on any atom is -0.454 e. The molecule has 6 nitrogen and oxygen atoms in total. The number of carbonyl (C=O) groups is 1. The molecule has 158 valence electrons. The Labute approximate surface area is 181 Å². The molecule has 0 fully saturated rings. The number of furan rings is 1. The van der Waals surface area contributed by atoms with E-state index in [1.54, 1.807) is 45.2 Å². The molecule has 0 radical (unpaired) electrons. The maximum absolute atomic E-state index is 11.9. The van der Waals surface area contributed by atoms with E-state index in [1.807, 2.05) is 48.5 Å². The van der Waals surface area contributed by atoms with Gasteiger partial charge >= 0.3 is 0 Å². The van der Waals surface area contributed by atoms with Gasteiger partial charge in [-0.25, -0.2) is 0 Å². The van der Waals surface area contributed by atoms with Crippen LogP contribution < -0.4 is 0 Å². The van der Waals surface area contributed by atoms with Crippen molar-refractivity contribution in [3.8, 4) is 22.5 Å². The highest BCUT2D eigenvalue weighted by Crippen LogP contribution is 2.34. The third-order valence-electron chi connectivity index (χ3n) is 5.20. The van der Waals surface area contributed by atoms with Gasteiger partial charge in [0.05, 0.1) is 12.1 Å². The first-order chi connectivity index (χ1) is 14.7. The number of hydrogen-bond acceptors (Lipinski definition) is 5. The van der Waals surface area contributed by atoms with E-state index < -0.39 is 5.60 Å². The zero-order valence-corrected chi connectivity index (χ0v) is 18.1. The zero-order chi connectivity index (χ0) is 22.2. The van der Waals surface area contributed by atoms with Crippen molar-refractivity contribution >= 4 is 17.0 Å². The fraction of sp³-hybridized carbons (Fsp3) is 0.240. The van der Waals surface area contributed by atoms with Crippen molar-refractivity contribution in [2.24, 2.45) is 0 Å². The van der Waals surface area contributed by atoms with Crippen molar-refractivity contribution in [1.82, 2.24) is 14.9 Å². The van der Waals surface area contributed by atoms with Crippen LogP contribution in [0.1, 0.15) is 25.1 Å². The number of nitrogens with zero attached hydrogens (tertiary/aromatic N) is 3. The Balaban J connectivity index is 1.69. The standard InChI is InChI=1S/C25H25N3O3/c1-25(2,30)22-14-18(9-11-27-22)19-10-12-26-20-15-21(31-24(19)20)17-7-5-16(6-8-17)13-23(29)28(3)4/h5-12,14-15,30H,13H2,1-4H3. The van der Waals surface area contributed by atoms with Crippen LogP contribution in [0.3, 0.4) is 0 Å². The van der Waals surface area contributed by atoms with Crippen molar-refractivity contribution in [2.75, 3.05) is 14.1 Å². The van der Waals surface area contributed by atoms with Crippen LogP contribution in [-0.4, -0.2) is 40.0 Å². The van der Waals surface area contributed by atoms with E-state index >= 15 is 0 Å². The molecule has 0 aliphatic heterocycles. The highest BCUT2D eigenvalue weighted by molar-refractivity contribution is 5.92. The molecule has 4 rings (SSSR count). The van der Waals surface area contributed by atoms with Crippen LogP contribution in [0.2, 0.25) is 0 Å². The highest BCUT2D eigenvalue weighted by atomic mass is 16.3. The second-order valence-corrected chi connectivity index (χ2v) is 8.33. The minimum atomic E-state index is -1.04. The molecule has 3 aromatic heterocycles. The van der Waals surface area contributed by atoms with E-state index in [2.05, 4.69) is 9.97 Å². The normalized spacial score (nSPS) is 11.6. The van der Waals surface area contributed by atoms with Gasteiger partial charge in [-0.3, -0.25) is 14.8 Å². The summed E-state index contributed by atoms with van der Waals surface area (Å²) in [6.07, 6.45) is 3.80. The topological polar surface area (TPSA) is 79.5 Å². The van der Waals surface area contributed by atoms with Crippen molar-refractivity contribution in [1.29, 1.82) is 0 Å². The molecule has 4 aromatic rings. The number of likely N-dealkylation sites (N-methyl/N-ethyl adjacent to an activating group) is 1. The number of hydrogen-bond donors (Lipinski definition) is 1. The smallest absolute Gasteiger partial charge is 0.226 e. The van der Waals surface area contributed by atoms with Crippen LogP contribution in [0.15, 0.2) is 65.3 Å². The Bertz CT molecular complexity index is 1240. The van der Waals surface area contributed by atoms with E-state index in [0.29, 0.717) is 23.5 Å². The molecule has 0 aliphatic rings. The number of pyridine rings is 2. The van der Waals surface area contributed by atoms with Gasteiger partial charge in [0.1, 0.15) is 16.9 Å². The fourth-order valence-corrected chi connectivity index (χ4v) is 3.36. The summed E-state index contributed by atoms with van der Waals surface area (Å²) >= 11 is 0. The Kier molecular flexibility index (Phi) is 5.33. The average Bonchev–Trinajstić information content (AvgIpc) is 3.18. The molecule has 0 atom stereocenters. The predicted molar refractivity (Wildman–Crippen MR) is 120 cm³/mol. The minimum absolute atomic E-state index is 0.0631. The lowest BCUT2D eigenvalue weighted by atomic mass is 10.00. The Morgan fingerprint density at radius 1 is 1.00 bits per heavy atom. The second-order valence-electron chi connectivity index (χ2n) is 8.33. The van der Waals surface area contributed by atoms with Crippen molar-refractivity contribution in [3.63, 3.8) is 0 Å². The van der Waals surface area contributed by atoms with E-state index in [0.717, 1.165) is 27.8 Å². The molecular weight excluding hydrogens is 390 g/mol. The van der Waals surface area contributed by atoms with Gasteiger partial charge in [0, 0.05) is 43.7 Å². The molecule has 0 aliphatic carbocycles. The third kappa shape index (κ3) is 4.34. The van der Waals surface area contributed by atoms with Gasteiger partial charge in [0.2, 0.25) is 5.91 Å². The lowest BCUT2D eigenvalue weighted by Gasteiger charge is -2.17. The van der Waals surface area contributed by atoms with E-state index in [1.165, 1.54) is 0 Å². The second kappa shape index (κ2) is 7.96. The molecule has 0 spiro atoms. The number of aliphatic hydroxyl groups is 1. The summed E-state index contributed by atoms with van der Waals surface area (Å²) in [4.78, 5) is 22.2.